The fourth-order valence-electron chi connectivity index (χ4n) is 4.13. The summed E-state index contributed by atoms with van der Waals surface area (Å²) in [6.45, 7) is 1.33. The molecule has 1 aliphatic carbocycles. The number of carboxylic acids is 1. The molecule has 118 valence electrons. The summed E-state index contributed by atoms with van der Waals surface area (Å²) >= 11 is 0. The number of aliphatic carboxylic acids is 1. The number of ether oxygens (including phenoxy) is 2. The fraction of sp³-hybridized carbons (Fsp3) is 0.588. The predicted octanol–water partition coefficient (Wildman–Crippen LogP) is 2.07. The summed E-state index contributed by atoms with van der Waals surface area (Å²) in [7, 11) is 0. The van der Waals surface area contributed by atoms with Crippen molar-refractivity contribution in [3.8, 4) is 0 Å². The van der Waals surface area contributed by atoms with E-state index in [-0.39, 0.29) is 18.4 Å². The van der Waals surface area contributed by atoms with E-state index in [9.17, 15) is 9.90 Å². The van der Waals surface area contributed by atoms with Gasteiger partial charge in [0.25, 0.3) is 0 Å². The maximum atomic E-state index is 11.6. The van der Waals surface area contributed by atoms with E-state index in [0.29, 0.717) is 12.5 Å². The Hall–Kier alpha value is -1.43. The first-order valence-electron chi connectivity index (χ1n) is 8.03. The van der Waals surface area contributed by atoms with E-state index >= 15 is 0 Å². The van der Waals surface area contributed by atoms with Crippen molar-refractivity contribution in [3.63, 3.8) is 0 Å². The predicted molar refractivity (Wildman–Crippen MR) is 78.9 cm³/mol. The Labute approximate surface area is 129 Å². The molecule has 0 radical (unpaired) electrons. The van der Waals surface area contributed by atoms with Gasteiger partial charge in [0.05, 0.1) is 6.61 Å². The van der Waals surface area contributed by atoms with Gasteiger partial charge >= 0.3 is 5.97 Å². The Morgan fingerprint density at radius 2 is 2.14 bits per heavy atom. The van der Waals surface area contributed by atoms with E-state index in [4.69, 9.17) is 9.47 Å². The van der Waals surface area contributed by atoms with Gasteiger partial charge in [0.1, 0.15) is 6.04 Å². The topological polar surface area (TPSA) is 62.3 Å². The van der Waals surface area contributed by atoms with Gasteiger partial charge in [-0.25, -0.2) is 0 Å². The number of hydrogen-bond acceptors (Lipinski definition) is 4. The molecule has 1 aromatic carbocycles. The first-order valence-corrected chi connectivity index (χ1v) is 8.03. The summed E-state index contributed by atoms with van der Waals surface area (Å²) in [6, 6.07) is 9.55. The van der Waals surface area contributed by atoms with E-state index in [2.05, 4.69) is 0 Å². The van der Waals surface area contributed by atoms with E-state index in [1.54, 1.807) is 0 Å². The highest BCUT2D eigenvalue weighted by Crippen LogP contribution is 2.46. The number of rotatable bonds is 5. The smallest absolute Gasteiger partial charge is 0.321 e. The van der Waals surface area contributed by atoms with Gasteiger partial charge in [-0.3, -0.25) is 9.69 Å². The Morgan fingerprint density at radius 3 is 2.91 bits per heavy atom. The molecule has 5 heteroatoms. The van der Waals surface area contributed by atoms with Crippen LogP contribution in [0.5, 0.6) is 0 Å². The summed E-state index contributed by atoms with van der Waals surface area (Å²) in [5.41, 5.74) is 1.10. The molecule has 2 aliphatic heterocycles. The lowest BCUT2D eigenvalue weighted by molar-refractivity contribution is -0.144. The molecule has 1 aromatic rings. The zero-order valence-electron chi connectivity index (χ0n) is 12.4. The molecule has 1 saturated carbocycles. The maximum absolute atomic E-state index is 11.6. The monoisotopic (exact) mass is 303 g/mol. The SMILES string of the molecule is O=C(O)[C@@H]1[C@H]2CCC[C@H]2CN1C1OC1OCc1ccccc1. The Bertz CT molecular complexity index is 549. The molecule has 0 aromatic heterocycles. The quantitative estimate of drug-likeness (QED) is 0.844. The summed E-state index contributed by atoms with van der Waals surface area (Å²) in [5.74, 6) is 0.0863. The molecule has 0 spiro atoms. The number of carboxylic acid groups (broad SMARTS) is 1. The van der Waals surface area contributed by atoms with E-state index in [1.807, 2.05) is 35.2 Å². The van der Waals surface area contributed by atoms with Crippen molar-refractivity contribution in [1.29, 1.82) is 0 Å². The van der Waals surface area contributed by atoms with Crippen molar-refractivity contribution in [1.82, 2.24) is 4.90 Å². The second kappa shape index (κ2) is 5.65. The van der Waals surface area contributed by atoms with Crippen molar-refractivity contribution >= 4 is 5.97 Å². The third kappa shape index (κ3) is 2.53. The highest BCUT2D eigenvalue weighted by Gasteiger charge is 2.57. The van der Waals surface area contributed by atoms with Crippen molar-refractivity contribution in [2.45, 2.75) is 44.4 Å². The molecule has 3 aliphatic rings. The van der Waals surface area contributed by atoms with Crippen LogP contribution in [0.15, 0.2) is 30.3 Å². The number of hydrogen-bond donors (Lipinski definition) is 1. The number of fused-ring (bicyclic) bond motifs is 1. The third-order valence-corrected chi connectivity index (χ3v) is 5.19. The van der Waals surface area contributed by atoms with Gasteiger partial charge in [-0.05, 0) is 30.2 Å². The first kappa shape index (κ1) is 14.2. The van der Waals surface area contributed by atoms with Crippen molar-refractivity contribution in [2.24, 2.45) is 11.8 Å². The Kier molecular flexibility index (Phi) is 3.64. The largest absolute Gasteiger partial charge is 0.480 e. The summed E-state index contributed by atoms with van der Waals surface area (Å²) in [5, 5.41) is 9.56. The maximum Gasteiger partial charge on any atom is 0.321 e. The molecule has 2 saturated heterocycles. The molecule has 0 amide bonds. The number of benzene rings is 1. The summed E-state index contributed by atoms with van der Waals surface area (Å²) in [6.07, 6.45) is 2.86. The average Bonchev–Trinajstić information content (AvgIpc) is 2.97. The summed E-state index contributed by atoms with van der Waals surface area (Å²) in [4.78, 5) is 13.6. The molecular weight excluding hydrogens is 282 g/mol. The fourth-order valence-corrected chi connectivity index (χ4v) is 4.13. The molecule has 2 heterocycles. The molecular formula is C17H21NO4. The zero-order chi connectivity index (χ0) is 15.1. The lowest BCUT2D eigenvalue weighted by Crippen LogP contribution is -2.42. The lowest BCUT2D eigenvalue weighted by Gasteiger charge is -2.22. The number of epoxide rings is 1. The minimum absolute atomic E-state index is 0.185. The average molecular weight is 303 g/mol. The van der Waals surface area contributed by atoms with E-state index < -0.39 is 12.0 Å². The normalized spacial score (nSPS) is 37.2. The van der Waals surface area contributed by atoms with Crippen LogP contribution in [0.2, 0.25) is 0 Å². The first-order chi connectivity index (χ1) is 10.7. The van der Waals surface area contributed by atoms with Crippen LogP contribution in [0.4, 0.5) is 0 Å². The van der Waals surface area contributed by atoms with Crippen LogP contribution in [-0.2, 0) is 20.9 Å². The molecule has 22 heavy (non-hydrogen) atoms. The number of nitrogens with zero attached hydrogens (tertiary/aromatic N) is 1. The van der Waals surface area contributed by atoms with Crippen LogP contribution in [0.1, 0.15) is 24.8 Å². The van der Waals surface area contributed by atoms with Gasteiger partial charge in [-0.1, -0.05) is 36.8 Å². The number of carbonyl (C=O) groups is 1. The van der Waals surface area contributed by atoms with Crippen LogP contribution in [0.3, 0.4) is 0 Å². The molecule has 1 N–H and O–H groups in total. The highest BCUT2D eigenvalue weighted by molar-refractivity contribution is 5.74. The van der Waals surface area contributed by atoms with Crippen molar-refractivity contribution in [3.05, 3.63) is 35.9 Å². The van der Waals surface area contributed by atoms with Gasteiger partial charge in [0.2, 0.25) is 0 Å². The Morgan fingerprint density at radius 1 is 1.32 bits per heavy atom. The standard InChI is InChI=1S/C17H21NO4/c19-16(20)14-13-8-4-7-12(13)9-18(14)15-17(22-15)21-10-11-5-2-1-3-6-11/h1-3,5-6,12-15,17H,4,7-10H2,(H,19,20)/t12-,13-,14-,15?,17?/m0/s1. The van der Waals surface area contributed by atoms with E-state index in [1.165, 1.54) is 0 Å². The second-order valence-electron chi connectivity index (χ2n) is 6.53. The van der Waals surface area contributed by atoms with Crippen LogP contribution < -0.4 is 0 Å². The van der Waals surface area contributed by atoms with Crippen LogP contribution in [0, 0.1) is 11.8 Å². The summed E-state index contributed by atoms with van der Waals surface area (Å²) < 4.78 is 11.4. The van der Waals surface area contributed by atoms with Crippen molar-refractivity contribution < 1.29 is 19.4 Å². The third-order valence-electron chi connectivity index (χ3n) is 5.19. The van der Waals surface area contributed by atoms with Crippen LogP contribution >= 0.6 is 0 Å². The van der Waals surface area contributed by atoms with Crippen LogP contribution in [0.25, 0.3) is 0 Å². The van der Waals surface area contributed by atoms with Gasteiger partial charge in [0, 0.05) is 6.54 Å². The molecule has 3 fully saturated rings. The minimum Gasteiger partial charge on any atom is -0.480 e. The Balaban J connectivity index is 1.36. The van der Waals surface area contributed by atoms with Crippen molar-refractivity contribution in [2.75, 3.05) is 6.54 Å². The molecule has 4 rings (SSSR count). The van der Waals surface area contributed by atoms with Crippen LogP contribution in [-0.4, -0.2) is 41.1 Å². The van der Waals surface area contributed by atoms with Gasteiger partial charge < -0.3 is 14.6 Å². The van der Waals surface area contributed by atoms with Gasteiger partial charge in [0.15, 0.2) is 12.5 Å². The minimum atomic E-state index is -0.716. The van der Waals surface area contributed by atoms with Gasteiger partial charge in [-0.15, -0.1) is 0 Å². The second-order valence-corrected chi connectivity index (χ2v) is 6.53. The molecule has 5 atom stereocenters. The zero-order valence-corrected chi connectivity index (χ0v) is 12.4. The molecule has 5 nitrogen and oxygen atoms in total. The molecule has 2 unspecified atom stereocenters. The van der Waals surface area contributed by atoms with Gasteiger partial charge in [-0.2, -0.15) is 0 Å². The number of likely N-dealkylation sites (tertiary alicyclic amines) is 1. The lowest BCUT2D eigenvalue weighted by atomic mass is 9.94. The van der Waals surface area contributed by atoms with E-state index in [0.717, 1.165) is 31.4 Å². The highest BCUT2D eigenvalue weighted by atomic mass is 16.8. The molecule has 0 bridgehead atoms.